The average molecular weight is 243 g/mol. The molecule has 1 fully saturated rings. The standard InChI is InChI=1S/C14H17N3O/c1-18-9-2-3-12-10(6-9)11-7-17-5-4-15-13(8-17)14(11)16-12/h2-3,6,13,15-16H,4-5,7-8H2,1H3/t13-/m0/s1. The molecule has 1 unspecified atom stereocenters. The number of nitrogens with one attached hydrogen (secondary N) is 2. The van der Waals surface area contributed by atoms with Gasteiger partial charge < -0.3 is 15.0 Å². The molecule has 4 heteroatoms. The third kappa shape index (κ3) is 1.39. The second kappa shape index (κ2) is 3.73. The fourth-order valence-electron chi connectivity index (χ4n) is 3.21. The molecule has 0 saturated carbocycles. The molecule has 0 radical (unpaired) electrons. The first-order valence-electron chi connectivity index (χ1n) is 6.49. The van der Waals surface area contributed by atoms with E-state index in [-0.39, 0.29) is 0 Å². The number of ether oxygens (including phenoxy) is 1. The summed E-state index contributed by atoms with van der Waals surface area (Å²) in [6.45, 7) is 4.41. The highest BCUT2D eigenvalue weighted by Crippen LogP contribution is 2.35. The molecule has 4 nitrogen and oxygen atoms in total. The van der Waals surface area contributed by atoms with E-state index in [0.717, 1.165) is 31.9 Å². The van der Waals surface area contributed by atoms with Gasteiger partial charge in [0, 0.05) is 42.8 Å². The second-order valence-corrected chi connectivity index (χ2v) is 5.17. The number of H-pyrrole nitrogens is 1. The molecule has 0 amide bonds. The van der Waals surface area contributed by atoms with Crippen molar-refractivity contribution in [2.75, 3.05) is 26.7 Å². The second-order valence-electron chi connectivity index (χ2n) is 5.17. The minimum absolute atomic E-state index is 0.459. The minimum Gasteiger partial charge on any atom is -0.497 e. The Balaban J connectivity index is 1.92. The van der Waals surface area contributed by atoms with E-state index in [1.165, 1.54) is 22.2 Å². The van der Waals surface area contributed by atoms with Crippen molar-refractivity contribution >= 4 is 10.9 Å². The molecule has 2 N–H and O–H groups in total. The van der Waals surface area contributed by atoms with Gasteiger partial charge in [0.15, 0.2) is 0 Å². The summed E-state index contributed by atoms with van der Waals surface area (Å²) in [6.07, 6.45) is 0. The van der Waals surface area contributed by atoms with Crippen LogP contribution in [0, 0.1) is 0 Å². The molecular weight excluding hydrogens is 226 g/mol. The van der Waals surface area contributed by atoms with Gasteiger partial charge in [-0.3, -0.25) is 4.90 Å². The van der Waals surface area contributed by atoms with Gasteiger partial charge in [0.1, 0.15) is 5.75 Å². The Labute approximate surface area is 106 Å². The Morgan fingerprint density at radius 3 is 3.22 bits per heavy atom. The van der Waals surface area contributed by atoms with Gasteiger partial charge in [-0.1, -0.05) is 0 Å². The number of hydrogen-bond acceptors (Lipinski definition) is 3. The van der Waals surface area contributed by atoms with Gasteiger partial charge in [0.25, 0.3) is 0 Å². The molecule has 1 aromatic carbocycles. The van der Waals surface area contributed by atoms with E-state index < -0.39 is 0 Å². The summed E-state index contributed by atoms with van der Waals surface area (Å²) in [6, 6.07) is 6.74. The van der Waals surface area contributed by atoms with E-state index in [1.54, 1.807) is 7.11 Å². The van der Waals surface area contributed by atoms with Crippen molar-refractivity contribution in [1.82, 2.24) is 15.2 Å². The maximum Gasteiger partial charge on any atom is 0.119 e. The first-order valence-corrected chi connectivity index (χ1v) is 6.49. The number of piperazine rings is 1. The molecule has 0 spiro atoms. The van der Waals surface area contributed by atoms with Crippen LogP contribution in [-0.2, 0) is 6.54 Å². The Kier molecular flexibility index (Phi) is 2.16. The van der Waals surface area contributed by atoms with Gasteiger partial charge in [0.2, 0.25) is 0 Å². The normalized spacial score (nSPS) is 26.1. The number of aromatic amines is 1. The van der Waals surface area contributed by atoms with Crippen LogP contribution < -0.4 is 10.1 Å². The van der Waals surface area contributed by atoms with Crippen LogP contribution in [-0.4, -0.2) is 36.6 Å². The van der Waals surface area contributed by atoms with Gasteiger partial charge in [-0.05, 0) is 23.8 Å². The molecule has 2 aromatic rings. The van der Waals surface area contributed by atoms with Crippen LogP contribution in [0.3, 0.4) is 0 Å². The third-order valence-electron chi connectivity index (χ3n) is 4.14. The number of hydrogen-bond donors (Lipinski definition) is 2. The summed E-state index contributed by atoms with van der Waals surface area (Å²) in [5.74, 6) is 0.933. The number of aromatic nitrogens is 1. The topological polar surface area (TPSA) is 40.3 Å². The van der Waals surface area contributed by atoms with E-state index in [9.17, 15) is 0 Å². The van der Waals surface area contributed by atoms with Crippen molar-refractivity contribution < 1.29 is 4.74 Å². The molecule has 18 heavy (non-hydrogen) atoms. The molecule has 0 aliphatic carbocycles. The van der Waals surface area contributed by atoms with Crippen LogP contribution in [0.1, 0.15) is 17.3 Å². The smallest absolute Gasteiger partial charge is 0.119 e. The molecular formula is C14H17N3O. The Morgan fingerprint density at radius 2 is 2.33 bits per heavy atom. The van der Waals surface area contributed by atoms with Crippen molar-refractivity contribution in [3.63, 3.8) is 0 Å². The first kappa shape index (κ1) is 10.4. The van der Waals surface area contributed by atoms with Crippen LogP contribution in [0.2, 0.25) is 0 Å². The Bertz CT molecular complexity index is 604. The molecule has 2 aliphatic heterocycles. The highest BCUT2D eigenvalue weighted by atomic mass is 16.5. The summed E-state index contributed by atoms with van der Waals surface area (Å²) in [7, 11) is 1.72. The predicted octanol–water partition coefficient (Wildman–Crippen LogP) is 1.64. The maximum atomic E-state index is 5.33. The van der Waals surface area contributed by atoms with Gasteiger partial charge in [-0.25, -0.2) is 0 Å². The molecule has 1 aromatic heterocycles. The quantitative estimate of drug-likeness (QED) is 0.800. The maximum absolute atomic E-state index is 5.33. The zero-order chi connectivity index (χ0) is 12.1. The first-order chi connectivity index (χ1) is 8.85. The zero-order valence-electron chi connectivity index (χ0n) is 10.5. The summed E-state index contributed by atoms with van der Waals surface area (Å²) >= 11 is 0. The average Bonchev–Trinajstić information content (AvgIpc) is 2.77. The fourth-order valence-corrected chi connectivity index (χ4v) is 3.21. The monoisotopic (exact) mass is 243 g/mol. The van der Waals surface area contributed by atoms with E-state index in [2.05, 4.69) is 27.3 Å². The summed E-state index contributed by atoms with van der Waals surface area (Å²) in [4.78, 5) is 6.10. The molecule has 94 valence electrons. The van der Waals surface area contributed by atoms with Crippen molar-refractivity contribution in [2.24, 2.45) is 0 Å². The Morgan fingerprint density at radius 1 is 1.39 bits per heavy atom. The number of rotatable bonds is 1. The lowest BCUT2D eigenvalue weighted by Crippen LogP contribution is -2.48. The fraction of sp³-hybridized carbons (Fsp3) is 0.429. The number of methoxy groups -OCH3 is 1. The lowest BCUT2D eigenvalue weighted by molar-refractivity contribution is 0.173. The lowest BCUT2D eigenvalue weighted by atomic mass is 9.99. The van der Waals surface area contributed by atoms with Gasteiger partial charge >= 0.3 is 0 Å². The van der Waals surface area contributed by atoms with Crippen LogP contribution >= 0.6 is 0 Å². The summed E-state index contributed by atoms with van der Waals surface area (Å²) < 4.78 is 5.33. The molecule has 2 aliphatic rings. The highest BCUT2D eigenvalue weighted by molar-refractivity contribution is 5.86. The van der Waals surface area contributed by atoms with E-state index in [4.69, 9.17) is 4.74 Å². The van der Waals surface area contributed by atoms with Crippen molar-refractivity contribution in [3.8, 4) is 5.75 Å². The lowest BCUT2D eigenvalue weighted by Gasteiger charge is -2.38. The minimum atomic E-state index is 0.459. The number of benzene rings is 1. The molecule has 4 rings (SSSR count). The SMILES string of the molecule is COc1ccc2[nH]c3c(c2c1)CN1CCN[C@H]3C1. The largest absolute Gasteiger partial charge is 0.497 e. The van der Waals surface area contributed by atoms with E-state index in [0.29, 0.717) is 6.04 Å². The predicted molar refractivity (Wildman–Crippen MR) is 70.9 cm³/mol. The Hall–Kier alpha value is -1.52. The van der Waals surface area contributed by atoms with Crippen LogP contribution in [0.15, 0.2) is 18.2 Å². The zero-order valence-corrected chi connectivity index (χ0v) is 10.5. The van der Waals surface area contributed by atoms with Gasteiger partial charge in [-0.15, -0.1) is 0 Å². The summed E-state index contributed by atoms with van der Waals surface area (Å²) in [5, 5.41) is 4.90. The highest BCUT2D eigenvalue weighted by Gasteiger charge is 2.31. The summed E-state index contributed by atoms with van der Waals surface area (Å²) in [5.41, 5.74) is 4.03. The van der Waals surface area contributed by atoms with Crippen LogP contribution in [0.4, 0.5) is 0 Å². The van der Waals surface area contributed by atoms with Crippen molar-refractivity contribution in [1.29, 1.82) is 0 Å². The van der Waals surface area contributed by atoms with Gasteiger partial charge in [0.05, 0.1) is 13.2 Å². The van der Waals surface area contributed by atoms with Crippen LogP contribution in [0.5, 0.6) is 5.75 Å². The number of nitrogens with zero attached hydrogens (tertiary/aromatic N) is 1. The van der Waals surface area contributed by atoms with E-state index in [1.807, 2.05) is 6.07 Å². The van der Waals surface area contributed by atoms with Gasteiger partial charge in [-0.2, -0.15) is 0 Å². The molecule has 3 heterocycles. The molecule has 2 atom stereocenters. The number of fused-ring (bicyclic) bond motifs is 6. The van der Waals surface area contributed by atoms with Crippen molar-refractivity contribution in [2.45, 2.75) is 12.6 Å². The molecule has 1 saturated heterocycles. The van der Waals surface area contributed by atoms with Crippen molar-refractivity contribution in [3.05, 3.63) is 29.5 Å². The van der Waals surface area contributed by atoms with E-state index >= 15 is 0 Å². The molecule has 2 bridgehead atoms. The third-order valence-corrected chi connectivity index (χ3v) is 4.14. The van der Waals surface area contributed by atoms with Crippen LogP contribution in [0.25, 0.3) is 10.9 Å².